The minimum absolute atomic E-state index is 0.237. The van der Waals surface area contributed by atoms with Crippen molar-refractivity contribution in [2.24, 2.45) is 0 Å². The molecule has 14 heteroatoms. The van der Waals surface area contributed by atoms with Gasteiger partial charge in [0.25, 0.3) is 0 Å². The quantitative estimate of drug-likeness (QED) is 0.0138. The molecule has 0 spiro atoms. The molecule has 0 radical (unpaired) electrons. The second kappa shape index (κ2) is 35.8. The first-order chi connectivity index (χ1) is 28.4. The van der Waals surface area contributed by atoms with Crippen LogP contribution < -0.4 is 5.32 Å². The fourth-order valence-corrected chi connectivity index (χ4v) is 7.61. The summed E-state index contributed by atoms with van der Waals surface area (Å²) in [6.45, 7) is 3.16. The third-order valence-electron chi connectivity index (χ3n) is 10.8. The molecule has 7 N–H and O–H groups in total. The summed E-state index contributed by atoms with van der Waals surface area (Å²) in [5.41, 5.74) is 0. The van der Waals surface area contributed by atoms with Crippen molar-refractivity contribution in [2.45, 2.75) is 230 Å². The Labute approximate surface area is 357 Å². The zero-order chi connectivity index (χ0) is 43.6. The average Bonchev–Trinajstić information content (AvgIpc) is 3.20. The second-order valence-electron chi connectivity index (χ2n) is 16.2. The predicted molar refractivity (Wildman–Crippen MR) is 233 cm³/mol. The fourth-order valence-electron chi connectivity index (χ4n) is 7.10. The molecular weight excluding hydrogens is 779 g/mol. The van der Waals surface area contributed by atoms with Crippen LogP contribution in [0.1, 0.15) is 181 Å². The summed E-state index contributed by atoms with van der Waals surface area (Å²) < 4.78 is 47.4. The Kier molecular flexibility index (Phi) is 33.6. The molecule has 8 atom stereocenters. The van der Waals surface area contributed by atoms with Gasteiger partial charge in [-0.1, -0.05) is 172 Å². The molecule has 0 aromatic heterocycles. The molecule has 1 amide bonds. The molecule has 0 bridgehead atoms. The molecule has 0 aliphatic carbocycles. The van der Waals surface area contributed by atoms with Crippen LogP contribution in [0.3, 0.4) is 0 Å². The van der Waals surface area contributed by atoms with Crippen LogP contribution in [0.15, 0.2) is 36.5 Å². The van der Waals surface area contributed by atoms with Gasteiger partial charge in [-0.25, -0.2) is 4.18 Å². The highest BCUT2D eigenvalue weighted by Crippen LogP contribution is 2.26. The van der Waals surface area contributed by atoms with Crippen LogP contribution in [0.2, 0.25) is 0 Å². The molecule has 1 heterocycles. The van der Waals surface area contributed by atoms with Gasteiger partial charge in [0.1, 0.15) is 30.5 Å². The molecular formula is C45H83NO12S. The fraction of sp³-hybridized carbons (Fsp3) is 0.844. The number of hydrogen-bond acceptors (Lipinski definition) is 11. The molecule has 8 unspecified atom stereocenters. The van der Waals surface area contributed by atoms with E-state index in [2.05, 4.69) is 47.7 Å². The van der Waals surface area contributed by atoms with E-state index in [1.165, 1.54) is 96.0 Å². The van der Waals surface area contributed by atoms with Crippen molar-refractivity contribution in [2.75, 3.05) is 13.2 Å². The van der Waals surface area contributed by atoms with Crippen LogP contribution in [-0.4, -0.2) is 107 Å². The lowest BCUT2D eigenvalue weighted by Gasteiger charge is -2.41. The van der Waals surface area contributed by atoms with Crippen molar-refractivity contribution in [1.82, 2.24) is 5.32 Å². The lowest BCUT2D eigenvalue weighted by molar-refractivity contribution is -0.298. The first-order valence-electron chi connectivity index (χ1n) is 23.0. The number of unbranched alkanes of at least 4 members (excludes halogenated alkanes) is 22. The summed E-state index contributed by atoms with van der Waals surface area (Å²) in [6, 6.07) is -1.12. The van der Waals surface area contributed by atoms with Gasteiger partial charge in [-0.15, -0.1) is 0 Å². The lowest BCUT2D eigenvalue weighted by Crippen LogP contribution is -2.61. The number of carbonyl (C=O) groups excluding carboxylic acids is 1. The van der Waals surface area contributed by atoms with Crippen LogP contribution in [0.4, 0.5) is 0 Å². The summed E-state index contributed by atoms with van der Waals surface area (Å²) in [6.07, 6.45) is 29.4. The summed E-state index contributed by atoms with van der Waals surface area (Å²) in [5, 5.41) is 55.1. The molecule has 1 aliphatic rings. The molecule has 0 aromatic carbocycles. The van der Waals surface area contributed by atoms with Gasteiger partial charge in [0.15, 0.2) is 6.29 Å². The first-order valence-corrected chi connectivity index (χ1v) is 24.4. The number of aliphatic hydroxyl groups is 5. The van der Waals surface area contributed by atoms with E-state index in [4.69, 9.17) is 14.0 Å². The Balaban J connectivity index is 2.57. The molecule has 59 heavy (non-hydrogen) atoms. The van der Waals surface area contributed by atoms with Crippen molar-refractivity contribution >= 4 is 16.3 Å². The highest BCUT2D eigenvalue weighted by atomic mass is 32.3. The van der Waals surface area contributed by atoms with Gasteiger partial charge in [0.2, 0.25) is 5.91 Å². The monoisotopic (exact) mass is 862 g/mol. The highest BCUT2D eigenvalue weighted by molar-refractivity contribution is 7.80. The Morgan fingerprint density at radius 1 is 0.695 bits per heavy atom. The molecule has 346 valence electrons. The molecule has 1 saturated heterocycles. The summed E-state index contributed by atoms with van der Waals surface area (Å²) >= 11 is 0. The van der Waals surface area contributed by atoms with Crippen LogP contribution in [0.25, 0.3) is 0 Å². The van der Waals surface area contributed by atoms with E-state index in [0.29, 0.717) is 12.8 Å². The van der Waals surface area contributed by atoms with Crippen LogP contribution in [-0.2, 0) is 28.9 Å². The first kappa shape index (κ1) is 55.3. The van der Waals surface area contributed by atoms with E-state index in [9.17, 15) is 38.7 Å². The maximum Gasteiger partial charge on any atom is 0.397 e. The van der Waals surface area contributed by atoms with E-state index in [0.717, 1.165) is 57.8 Å². The Bertz CT molecular complexity index is 1220. The number of amides is 1. The van der Waals surface area contributed by atoms with Gasteiger partial charge in [-0.3, -0.25) is 9.35 Å². The van der Waals surface area contributed by atoms with Crippen LogP contribution in [0.5, 0.6) is 0 Å². The maximum absolute atomic E-state index is 13.1. The topological polar surface area (TPSA) is 212 Å². The van der Waals surface area contributed by atoms with Gasteiger partial charge < -0.3 is 40.3 Å². The number of rotatable bonds is 38. The lowest BCUT2D eigenvalue weighted by atomic mass is 9.99. The molecule has 13 nitrogen and oxygen atoms in total. The van der Waals surface area contributed by atoms with Crippen molar-refractivity contribution in [3.05, 3.63) is 36.5 Å². The highest BCUT2D eigenvalue weighted by Gasteiger charge is 2.48. The summed E-state index contributed by atoms with van der Waals surface area (Å²) in [5.74, 6) is -0.708. The number of ether oxygens (including phenoxy) is 2. The number of allylic oxidation sites excluding steroid dienone is 5. The van der Waals surface area contributed by atoms with Gasteiger partial charge in [0.05, 0.1) is 25.4 Å². The van der Waals surface area contributed by atoms with Crippen molar-refractivity contribution < 1.29 is 57.0 Å². The van der Waals surface area contributed by atoms with Gasteiger partial charge >= 0.3 is 10.4 Å². The van der Waals surface area contributed by atoms with Crippen LogP contribution in [0, 0.1) is 0 Å². The van der Waals surface area contributed by atoms with Crippen LogP contribution >= 0.6 is 0 Å². The third-order valence-corrected chi connectivity index (χ3v) is 11.3. The van der Waals surface area contributed by atoms with Gasteiger partial charge in [0, 0.05) is 0 Å². The molecule has 0 saturated carbocycles. The zero-order valence-corrected chi connectivity index (χ0v) is 37.2. The average molecular weight is 862 g/mol. The van der Waals surface area contributed by atoms with E-state index in [-0.39, 0.29) is 6.42 Å². The minimum Gasteiger partial charge on any atom is -0.394 e. The molecule has 1 fully saturated rings. The predicted octanol–water partition coefficient (Wildman–Crippen LogP) is 7.69. The van der Waals surface area contributed by atoms with Gasteiger partial charge in [-0.05, 0) is 44.9 Å². The van der Waals surface area contributed by atoms with Gasteiger partial charge in [-0.2, -0.15) is 8.42 Å². The smallest absolute Gasteiger partial charge is 0.394 e. The van der Waals surface area contributed by atoms with E-state index in [1.807, 2.05) is 6.08 Å². The van der Waals surface area contributed by atoms with E-state index in [1.54, 1.807) is 0 Å². The number of hydrogen-bond donors (Lipinski definition) is 7. The van der Waals surface area contributed by atoms with E-state index >= 15 is 0 Å². The Morgan fingerprint density at radius 3 is 1.66 bits per heavy atom. The number of nitrogens with one attached hydrogen (secondary N) is 1. The Hall–Kier alpha value is -1.72. The van der Waals surface area contributed by atoms with Crippen molar-refractivity contribution in [3.8, 4) is 0 Å². The zero-order valence-electron chi connectivity index (χ0n) is 36.4. The minimum atomic E-state index is -5.12. The molecule has 1 rings (SSSR count). The molecule has 0 aromatic rings. The second-order valence-corrected chi connectivity index (χ2v) is 17.2. The Morgan fingerprint density at radius 2 is 1.15 bits per heavy atom. The summed E-state index contributed by atoms with van der Waals surface area (Å²) in [4.78, 5) is 13.1. The maximum atomic E-state index is 13.1. The number of aliphatic hydroxyl groups excluding tert-OH is 5. The normalized spacial score (nSPS) is 21.8. The third kappa shape index (κ3) is 28.5. The largest absolute Gasteiger partial charge is 0.397 e. The number of carbonyl (C=O) groups is 1. The molecule has 1 aliphatic heterocycles. The van der Waals surface area contributed by atoms with Crippen molar-refractivity contribution in [1.29, 1.82) is 0 Å². The van der Waals surface area contributed by atoms with E-state index < -0.39 is 78.5 Å². The SMILES string of the molecule is CCCCC/C=C\C=C/CCCCCCCCCCCC(O)C(=O)NC(COC1OC(CO)C(O)C(OS(=O)(=O)O)C1O)C(O)/C=C/CCCCCCCCCCCC. The van der Waals surface area contributed by atoms with Crippen molar-refractivity contribution in [3.63, 3.8) is 0 Å². The summed E-state index contributed by atoms with van der Waals surface area (Å²) in [7, 11) is -5.12. The standard InChI is InChI=1S/C45H83NO12S/c1-3-5-7-9-11-13-15-17-18-19-20-21-22-24-26-28-30-32-34-39(49)44(52)46-37(38(48)33-31-29-27-25-23-16-14-12-10-8-6-4-2)36-56-45-42(51)43(58-59(53,54)55)41(50)40(35-47)57-45/h11,13,15,17,31,33,37-43,45,47-51H,3-10,12,14,16,18-30,32,34-36H2,1-2H3,(H,46,52)(H,53,54,55)/b13-11-,17-15-,33-31+.